The third-order valence-electron chi connectivity index (χ3n) is 4.37. The Morgan fingerprint density at radius 1 is 0.871 bits per heavy atom. The Morgan fingerprint density at radius 2 is 1.71 bits per heavy atom. The zero-order valence-electron chi connectivity index (χ0n) is 16.3. The summed E-state index contributed by atoms with van der Waals surface area (Å²) in [6.07, 6.45) is -0.0377. The molecule has 0 unspecified atom stereocenters. The number of fused-ring (bicyclic) bond motifs is 1. The summed E-state index contributed by atoms with van der Waals surface area (Å²) in [4.78, 5) is 16.4. The third kappa shape index (κ3) is 4.97. The lowest BCUT2D eigenvalue weighted by molar-refractivity contribution is -0.141. The minimum atomic E-state index is -4.44. The van der Waals surface area contributed by atoms with Crippen LogP contribution in [0.4, 0.5) is 30.4 Å². The lowest BCUT2D eigenvalue weighted by atomic mass is 10.2. The van der Waals surface area contributed by atoms with Gasteiger partial charge in [0.2, 0.25) is 5.88 Å². The van der Waals surface area contributed by atoms with Crippen molar-refractivity contribution < 1.29 is 17.9 Å². The van der Waals surface area contributed by atoms with Crippen LogP contribution in [-0.2, 0) is 12.7 Å². The first-order valence-electron chi connectivity index (χ1n) is 9.20. The second kappa shape index (κ2) is 8.42. The number of aromatic nitrogens is 4. The van der Waals surface area contributed by atoms with Crippen LogP contribution < -0.4 is 15.4 Å². The van der Waals surface area contributed by atoms with E-state index in [0.29, 0.717) is 29.3 Å². The van der Waals surface area contributed by atoms with Crippen molar-refractivity contribution in [2.75, 3.05) is 17.7 Å². The first-order valence-corrected chi connectivity index (χ1v) is 9.20. The summed E-state index contributed by atoms with van der Waals surface area (Å²) >= 11 is 0. The first-order chi connectivity index (χ1) is 14.9. The summed E-state index contributed by atoms with van der Waals surface area (Å²) in [5, 5.41) is 6.29. The van der Waals surface area contributed by atoms with Gasteiger partial charge in [0.1, 0.15) is 11.5 Å². The number of ether oxygens (including phenoxy) is 1. The van der Waals surface area contributed by atoms with Gasteiger partial charge in [-0.3, -0.25) is 4.98 Å². The van der Waals surface area contributed by atoms with Crippen LogP contribution in [0.2, 0.25) is 0 Å². The van der Waals surface area contributed by atoms with Crippen molar-refractivity contribution in [3.8, 4) is 5.88 Å². The molecule has 0 radical (unpaired) electrons. The molecule has 0 amide bonds. The van der Waals surface area contributed by atoms with Gasteiger partial charge < -0.3 is 15.4 Å². The predicted molar refractivity (Wildman–Crippen MR) is 110 cm³/mol. The molecule has 0 fully saturated rings. The van der Waals surface area contributed by atoms with Gasteiger partial charge in [-0.1, -0.05) is 6.07 Å². The molecule has 158 valence electrons. The summed E-state index contributed by atoms with van der Waals surface area (Å²) in [6.45, 7) is 0.302. The van der Waals surface area contributed by atoms with Crippen molar-refractivity contribution in [3.05, 3.63) is 72.3 Å². The van der Waals surface area contributed by atoms with Crippen molar-refractivity contribution in [1.82, 2.24) is 19.9 Å². The highest BCUT2D eigenvalue weighted by molar-refractivity contribution is 5.80. The molecule has 0 saturated heterocycles. The minimum absolute atomic E-state index is 0.302. The number of halogens is 3. The van der Waals surface area contributed by atoms with E-state index in [9.17, 15) is 13.2 Å². The van der Waals surface area contributed by atoms with Crippen molar-refractivity contribution in [1.29, 1.82) is 0 Å². The van der Waals surface area contributed by atoms with Gasteiger partial charge in [-0.15, -0.1) is 0 Å². The number of hydrogen-bond acceptors (Lipinski definition) is 7. The Kier molecular flexibility index (Phi) is 5.52. The molecule has 0 aliphatic rings. The highest BCUT2D eigenvalue weighted by atomic mass is 19.4. The standard InChI is InChI=1S/C21H17F3N6O/c1-31-20-12-25-16-5-3-14(8-17(16)30-20)29-15-4-7-19(28-11-15)27-10-13-2-6-18(26-9-13)21(22,23)24/h2-9,11-12,29H,10H2,1H3,(H,27,28). The number of anilines is 3. The second-order valence-electron chi connectivity index (χ2n) is 6.58. The van der Waals surface area contributed by atoms with Gasteiger partial charge in [0, 0.05) is 18.4 Å². The summed E-state index contributed by atoms with van der Waals surface area (Å²) < 4.78 is 42.8. The largest absolute Gasteiger partial charge is 0.480 e. The normalized spacial score (nSPS) is 11.4. The minimum Gasteiger partial charge on any atom is -0.480 e. The average Bonchev–Trinajstić information content (AvgIpc) is 2.78. The summed E-state index contributed by atoms with van der Waals surface area (Å²) in [5.74, 6) is 1.02. The third-order valence-corrected chi connectivity index (χ3v) is 4.37. The molecule has 2 N–H and O–H groups in total. The fourth-order valence-electron chi connectivity index (χ4n) is 2.80. The van der Waals surface area contributed by atoms with Gasteiger partial charge in [0.15, 0.2) is 0 Å². The molecule has 3 heterocycles. The van der Waals surface area contributed by atoms with E-state index in [1.807, 2.05) is 24.3 Å². The molecule has 1 aromatic carbocycles. The summed E-state index contributed by atoms with van der Waals surface area (Å²) in [7, 11) is 1.54. The monoisotopic (exact) mass is 426 g/mol. The number of alkyl halides is 3. The lowest BCUT2D eigenvalue weighted by Gasteiger charge is -2.10. The van der Waals surface area contributed by atoms with Crippen LogP contribution in [0.3, 0.4) is 0 Å². The number of nitrogens with one attached hydrogen (secondary N) is 2. The number of hydrogen-bond donors (Lipinski definition) is 2. The highest BCUT2D eigenvalue weighted by Gasteiger charge is 2.31. The molecule has 0 aliphatic heterocycles. The summed E-state index contributed by atoms with van der Waals surface area (Å²) in [5.41, 5.74) is 2.72. The SMILES string of the molecule is COc1cnc2ccc(Nc3ccc(NCc4ccc(C(F)(F)F)nc4)nc3)cc2n1. The van der Waals surface area contributed by atoms with Gasteiger partial charge in [-0.2, -0.15) is 13.2 Å². The molecule has 4 aromatic rings. The van der Waals surface area contributed by atoms with E-state index in [-0.39, 0.29) is 0 Å². The van der Waals surface area contributed by atoms with Gasteiger partial charge in [-0.05, 0) is 42.0 Å². The Bertz CT molecular complexity index is 1180. The van der Waals surface area contributed by atoms with Crippen LogP contribution in [0.1, 0.15) is 11.3 Å². The van der Waals surface area contributed by atoms with E-state index in [2.05, 4.69) is 30.6 Å². The first kappa shape index (κ1) is 20.3. The fraction of sp³-hybridized carbons (Fsp3) is 0.143. The van der Waals surface area contributed by atoms with Crippen molar-refractivity contribution in [2.24, 2.45) is 0 Å². The number of methoxy groups -OCH3 is 1. The topological polar surface area (TPSA) is 84.9 Å². The number of rotatable bonds is 6. The lowest BCUT2D eigenvalue weighted by Crippen LogP contribution is -2.08. The van der Waals surface area contributed by atoms with Crippen LogP contribution in [0, 0.1) is 0 Å². The second-order valence-corrected chi connectivity index (χ2v) is 6.58. The van der Waals surface area contributed by atoms with Gasteiger partial charge >= 0.3 is 6.18 Å². The van der Waals surface area contributed by atoms with Crippen molar-refractivity contribution in [2.45, 2.75) is 12.7 Å². The molecule has 0 spiro atoms. The highest BCUT2D eigenvalue weighted by Crippen LogP contribution is 2.27. The molecule has 7 nitrogen and oxygen atoms in total. The molecule has 0 aliphatic carbocycles. The van der Waals surface area contributed by atoms with Crippen LogP contribution in [0.5, 0.6) is 5.88 Å². The number of nitrogens with zero attached hydrogens (tertiary/aromatic N) is 4. The van der Waals surface area contributed by atoms with Gasteiger partial charge in [-0.25, -0.2) is 15.0 Å². The zero-order valence-corrected chi connectivity index (χ0v) is 16.3. The number of benzene rings is 1. The molecular formula is C21H17F3N6O. The van der Waals surface area contributed by atoms with Crippen LogP contribution in [-0.4, -0.2) is 27.0 Å². The van der Waals surface area contributed by atoms with E-state index >= 15 is 0 Å². The van der Waals surface area contributed by atoms with Crippen LogP contribution >= 0.6 is 0 Å². The van der Waals surface area contributed by atoms with Gasteiger partial charge in [0.05, 0.1) is 36.2 Å². The average molecular weight is 426 g/mol. The van der Waals surface area contributed by atoms with Crippen LogP contribution in [0.15, 0.2) is 61.1 Å². The van der Waals surface area contributed by atoms with Crippen molar-refractivity contribution in [3.63, 3.8) is 0 Å². The van der Waals surface area contributed by atoms with Gasteiger partial charge in [0.25, 0.3) is 0 Å². The Labute approximate surface area is 175 Å². The van der Waals surface area contributed by atoms with E-state index in [4.69, 9.17) is 4.74 Å². The Hall–Kier alpha value is -3.95. The number of pyridine rings is 2. The fourth-order valence-corrected chi connectivity index (χ4v) is 2.80. The maximum Gasteiger partial charge on any atom is 0.433 e. The zero-order chi connectivity index (χ0) is 21.8. The maximum absolute atomic E-state index is 12.6. The molecule has 10 heteroatoms. The van der Waals surface area contributed by atoms with Crippen LogP contribution in [0.25, 0.3) is 11.0 Å². The Balaban J connectivity index is 1.38. The van der Waals surface area contributed by atoms with E-state index < -0.39 is 11.9 Å². The molecule has 0 saturated carbocycles. The smallest absolute Gasteiger partial charge is 0.433 e. The van der Waals surface area contributed by atoms with E-state index in [1.54, 1.807) is 18.5 Å². The van der Waals surface area contributed by atoms with E-state index in [0.717, 1.165) is 23.0 Å². The Morgan fingerprint density at radius 3 is 2.39 bits per heavy atom. The predicted octanol–water partition coefficient (Wildman–Crippen LogP) is 4.80. The molecule has 4 rings (SSSR count). The quantitative estimate of drug-likeness (QED) is 0.458. The summed E-state index contributed by atoms with van der Waals surface area (Å²) in [6, 6.07) is 11.5. The molecule has 3 aromatic heterocycles. The van der Waals surface area contributed by atoms with Crippen molar-refractivity contribution >= 4 is 28.2 Å². The molecule has 0 bridgehead atoms. The molecule has 31 heavy (non-hydrogen) atoms. The van der Waals surface area contributed by atoms with E-state index in [1.165, 1.54) is 19.4 Å². The maximum atomic E-state index is 12.6. The molecule has 0 atom stereocenters. The molecular weight excluding hydrogens is 409 g/mol.